The highest BCUT2D eigenvalue weighted by molar-refractivity contribution is 6.00. The van der Waals surface area contributed by atoms with Crippen molar-refractivity contribution in [1.82, 2.24) is 0 Å². The highest BCUT2D eigenvalue weighted by atomic mass is 16.4. The Morgan fingerprint density at radius 2 is 1.25 bits per heavy atom. The second-order valence-electron chi connectivity index (χ2n) is 9.62. The zero-order valence-electron chi connectivity index (χ0n) is 19.0. The van der Waals surface area contributed by atoms with Gasteiger partial charge in [0.1, 0.15) is 0 Å². The molecule has 2 N–H and O–H groups in total. The summed E-state index contributed by atoms with van der Waals surface area (Å²) in [6.45, 7) is 1.71. The van der Waals surface area contributed by atoms with Gasteiger partial charge in [0, 0.05) is 0 Å². The average Bonchev–Trinajstić information content (AvgIpc) is 2.80. The molecule has 0 atom stereocenters. The zero-order valence-corrected chi connectivity index (χ0v) is 19.0. The van der Waals surface area contributed by atoms with E-state index in [1.54, 1.807) is 6.92 Å². The molecular formula is C28H34O4. The topological polar surface area (TPSA) is 74.6 Å². The summed E-state index contributed by atoms with van der Waals surface area (Å²) >= 11 is 0. The molecule has 2 aliphatic rings. The Morgan fingerprint density at radius 3 is 1.75 bits per heavy atom. The van der Waals surface area contributed by atoms with Crippen LogP contribution in [0.25, 0.3) is 0 Å². The van der Waals surface area contributed by atoms with Crippen molar-refractivity contribution < 1.29 is 19.8 Å². The maximum absolute atomic E-state index is 12.6. The summed E-state index contributed by atoms with van der Waals surface area (Å²) in [5, 5.41) is 20.6. The largest absolute Gasteiger partial charge is 0.478 e. The summed E-state index contributed by atoms with van der Waals surface area (Å²) in [4.78, 5) is 25.1. The van der Waals surface area contributed by atoms with Gasteiger partial charge in [0.25, 0.3) is 0 Å². The van der Waals surface area contributed by atoms with E-state index >= 15 is 0 Å². The van der Waals surface area contributed by atoms with Crippen molar-refractivity contribution in [3.8, 4) is 0 Å². The third-order valence-electron chi connectivity index (χ3n) is 7.61. The van der Waals surface area contributed by atoms with E-state index in [2.05, 4.69) is 0 Å². The molecule has 0 saturated heterocycles. The van der Waals surface area contributed by atoms with Crippen LogP contribution >= 0.6 is 0 Å². The van der Waals surface area contributed by atoms with Crippen molar-refractivity contribution in [3.05, 3.63) is 69.3 Å². The van der Waals surface area contributed by atoms with Gasteiger partial charge in [-0.25, -0.2) is 9.59 Å². The SMILES string of the molecule is Cc1c(C(=O)O)c(Cc2ccccc2)c(C2CCCCC2)c(C2CCCCC2)c1C(=O)O. The molecule has 0 unspecified atom stereocenters. The van der Waals surface area contributed by atoms with Gasteiger partial charge < -0.3 is 10.2 Å². The maximum Gasteiger partial charge on any atom is 0.336 e. The van der Waals surface area contributed by atoms with E-state index < -0.39 is 11.9 Å². The Hall–Kier alpha value is -2.62. The highest BCUT2D eigenvalue weighted by Crippen LogP contribution is 2.46. The third-order valence-corrected chi connectivity index (χ3v) is 7.61. The minimum absolute atomic E-state index is 0.211. The molecule has 170 valence electrons. The summed E-state index contributed by atoms with van der Waals surface area (Å²) in [6.07, 6.45) is 11.4. The number of aromatic carboxylic acids is 2. The smallest absolute Gasteiger partial charge is 0.336 e. The standard InChI is InChI=1S/C28H34O4/c1-18-23(27(29)30)22(17-19-11-5-2-6-12-19)25(20-13-7-3-8-14-20)26(24(18)28(31)32)21-15-9-4-10-16-21/h2,5-6,11-12,20-21H,3-4,7-10,13-17H2,1H3,(H,29,30)(H,31,32). The fraction of sp³-hybridized carbons (Fsp3) is 0.500. The lowest BCUT2D eigenvalue weighted by atomic mass is 9.70. The molecule has 2 aliphatic carbocycles. The van der Waals surface area contributed by atoms with E-state index in [4.69, 9.17) is 0 Å². The van der Waals surface area contributed by atoms with E-state index in [-0.39, 0.29) is 23.0 Å². The molecule has 4 rings (SSSR count). The molecule has 2 aromatic rings. The highest BCUT2D eigenvalue weighted by Gasteiger charge is 2.35. The van der Waals surface area contributed by atoms with Crippen LogP contribution in [0.3, 0.4) is 0 Å². The van der Waals surface area contributed by atoms with Gasteiger partial charge in [-0.15, -0.1) is 0 Å². The number of hydrogen-bond acceptors (Lipinski definition) is 2. The molecule has 0 heterocycles. The van der Waals surface area contributed by atoms with Gasteiger partial charge in [0.2, 0.25) is 0 Å². The molecule has 0 bridgehead atoms. The summed E-state index contributed by atoms with van der Waals surface area (Å²) in [6, 6.07) is 10.0. The van der Waals surface area contributed by atoms with Crippen LogP contribution in [-0.4, -0.2) is 22.2 Å². The number of rotatable bonds is 6. The van der Waals surface area contributed by atoms with Crippen molar-refractivity contribution in [2.24, 2.45) is 0 Å². The van der Waals surface area contributed by atoms with Crippen LogP contribution in [-0.2, 0) is 6.42 Å². The Morgan fingerprint density at radius 1 is 0.750 bits per heavy atom. The molecule has 0 spiro atoms. The molecule has 32 heavy (non-hydrogen) atoms. The van der Waals surface area contributed by atoms with Crippen LogP contribution in [0, 0.1) is 6.92 Å². The van der Waals surface area contributed by atoms with Gasteiger partial charge in [-0.05, 0) is 78.7 Å². The summed E-state index contributed by atoms with van der Waals surface area (Å²) in [7, 11) is 0. The number of carbonyl (C=O) groups is 2. The van der Waals surface area contributed by atoms with E-state index in [0.717, 1.165) is 73.6 Å². The summed E-state index contributed by atoms with van der Waals surface area (Å²) in [5.41, 5.74) is 4.88. The Labute approximate surface area is 190 Å². The fourth-order valence-electron chi connectivity index (χ4n) is 6.21. The number of hydrogen-bond donors (Lipinski definition) is 2. The van der Waals surface area contributed by atoms with Gasteiger partial charge in [-0.1, -0.05) is 68.9 Å². The molecule has 2 aromatic carbocycles. The van der Waals surface area contributed by atoms with Crippen LogP contribution in [0.15, 0.2) is 30.3 Å². The van der Waals surface area contributed by atoms with Crippen LogP contribution in [0.4, 0.5) is 0 Å². The second kappa shape index (κ2) is 9.89. The van der Waals surface area contributed by atoms with Crippen LogP contribution < -0.4 is 0 Å². The van der Waals surface area contributed by atoms with Crippen molar-refractivity contribution in [2.45, 2.75) is 89.4 Å². The first-order valence-electron chi connectivity index (χ1n) is 12.2. The van der Waals surface area contributed by atoms with Crippen molar-refractivity contribution in [3.63, 3.8) is 0 Å². The van der Waals surface area contributed by atoms with Gasteiger partial charge in [-0.3, -0.25) is 0 Å². The lowest BCUT2D eigenvalue weighted by molar-refractivity contribution is 0.0693. The summed E-state index contributed by atoms with van der Waals surface area (Å²) < 4.78 is 0. The molecular weight excluding hydrogens is 400 g/mol. The van der Waals surface area contributed by atoms with E-state index in [1.807, 2.05) is 30.3 Å². The van der Waals surface area contributed by atoms with Crippen LogP contribution in [0.1, 0.15) is 125 Å². The molecule has 0 radical (unpaired) electrons. The predicted octanol–water partition coefficient (Wildman–Crippen LogP) is 7.08. The lowest BCUT2D eigenvalue weighted by Crippen LogP contribution is -2.23. The molecule has 2 fully saturated rings. The van der Waals surface area contributed by atoms with Gasteiger partial charge in [0.05, 0.1) is 11.1 Å². The van der Waals surface area contributed by atoms with Crippen LogP contribution in [0.2, 0.25) is 0 Å². The maximum atomic E-state index is 12.6. The monoisotopic (exact) mass is 434 g/mol. The molecule has 2 saturated carbocycles. The third kappa shape index (κ3) is 4.46. The van der Waals surface area contributed by atoms with Crippen molar-refractivity contribution in [2.75, 3.05) is 0 Å². The summed E-state index contributed by atoms with van der Waals surface area (Å²) in [5.74, 6) is -1.53. The molecule has 0 aromatic heterocycles. The van der Waals surface area contributed by atoms with E-state index in [1.165, 1.54) is 12.8 Å². The number of carboxylic acid groups (broad SMARTS) is 2. The lowest BCUT2D eigenvalue weighted by Gasteiger charge is -2.34. The quantitative estimate of drug-likeness (QED) is 0.509. The number of benzene rings is 2. The number of carboxylic acids is 2. The first-order chi connectivity index (χ1) is 15.5. The first-order valence-corrected chi connectivity index (χ1v) is 12.2. The van der Waals surface area contributed by atoms with Crippen LogP contribution in [0.5, 0.6) is 0 Å². The predicted molar refractivity (Wildman–Crippen MR) is 126 cm³/mol. The Bertz CT molecular complexity index is 980. The minimum atomic E-state index is -1.01. The Kier molecular flexibility index (Phi) is 6.98. The van der Waals surface area contributed by atoms with Gasteiger partial charge >= 0.3 is 11.9 Å². The molecule has 4 nitrogen and oxygen atoms in total. The van der Waals surface area contributed by atoms with Crippen molar-refractivity contribution >= 4 is 11.9 Å². The van der Waals surface area contributed by atoms with Crippen molar-refractivity contribution in [1.29, 1.82) is 0 Å². The molecule has 4 heteroatoms. The normalized spacial score (nSPS) is 17.9. The first kappa shape index (κ1) is 22.6. The fourth-order valence-corrected chi connectivity index (χ4v) is 6.21. The van der Waals surface area contributed by atoms with E-state index in [0.29, 0.717) is 12.0 Å². The zero-order chi connectivity index (χ0) is 22.7. The minimum Gasteiger partial charge on any atom is -0.478 e. The molecule has 0 amide bonds. The Balaban J connectivity index is 2.03. The average molecular weight is 435 g/mol. The molecule has 0 aliphatic heterocycles. The van der Waals surface area contributed by atoms with E-state index in [9.17, 15) is 19.8 Å². The second-order valence-corrected chi connectivity index (χ2v) is 9.62. The van der Waals surface area contributed by atoms with Gasteiger partial charge in [0.15, 0.2) is 0 Å². The van der Waals surface area contributed by atoms with Gasteiger partial charge in [-0.2, -0.15) is 0 Å².